The van der Waals surface area contributed by atoms with Gasteiger partial charge in [-0.1, -0.05) is 23.2 Å². The fourth-order valence-corrected chi connectivity index (χ4v) is 2.79. The average molecular weight is 424 g/mol. The molecule has 146 valence electrons. The highest BCUT2D eigenvalue weighted by Crippen LogP contribution is 2.28. The van der Waals surface area contributed by atoms with E-state index < -0.39 is 11.9 Å². The largest absolute Gasteiger partial charge is 0.484 e. The third kappa shape index (κ3) is 4.47. The summed E-state index contributed by atoms with van der Waals surface area (Å²) in [6.45, 7) is 0.0644. The first-order valence-electron chi connectivity index (χ1n) is 7.97. The molecule has 28 heavy (non-hydrogen) atoms. The van der Waals surface area contributed by atoms with Crippen LogP contribution in [0.4, 0.5) is 5.69 Å². The van der Waals surface area contributed by atoms with Crippen LogP contribution in [0.1, 0.15) is 26.8 Å². The molecular formula is C18H15Cl2N3O5. The first-order valence-corrected chi connectivity index (χ1v) is 8.73. The number of nitrogens with zero attached hydrogens (tertiary/aromatic N) is 2. The van der Waals surface area contributed by atoms with Gasteiger partial charge in [-0.25, -0.2) is 4.79 Å². The van der Waals surface area contributed by atoms with E-state index in [1.54, 1.807) is 31.3 Å². The van der Waals surface area contributed by atoms with Gasteiger partial charge in [-0.05, 0) is 30.3 Å². The molecule has 2 aromatic heterocycles. The number of hydrogen-bond acceptors (Lipinski definition) is 6. The smallest absolute Gasteiger partial charge is 0.360 e. The summed E-state index contributed by atoms with van der Waals surface area (Å²) in [5.74, 6) is -0.319. The number of carbonyl (C=O) groups excluding carboxylic acids is 2. The van der Waals surface area contributed by atoms with Gasteiger partial charge in [0.25, 0.3) is 5.91 Å². The van der Waals surface area contributed by atoms with E-state index in [0.717, 1.165) is 0 Å². The molecule has 0 unspecified atom stereocenters. The van der Waals surface area contributed by atoms with Gasteiger partial charge in [-0.3, -0.25) is 9.48 Å². The van der Waals surface area contributed by atoms with Crippen LogP contribution in [0.15, 0.2) is 40.9 Å². The van der Waals surface area contributed by atoms with E-state index in [2.05, 4.69) is 15.2 Å². The van der Waals surface area contributed by atoms with Gasteiger partial charge in [0.05, 0.1) is 17.8 Å². The van der Waals surface area contributed by atoms with Crippen molar-refractivity contribution in [1.82, 2.24) is 9.78 Å². The zero-order valence-electron chi connectivity index (χ0n) is 14.9. The summed E-state index contributed by atoms with van der Waals surface area (Å²) in [4.78, 5) is 24.1. The van der Waals surface area contributed by atoms with Crippen LogP contribution in [0.3, 0.4) is 0 Å². The number of rotatable bonds is 6. The van der Waals surface area contributed by atoms with E-state index >= 15 is 0 Å². The van der Waals surface area contributed by atoms with Gasteiger partial charge < -0.3 is 19.2 Å². The normalized spacial score (nSPS) is 10.6. The fraction of sp³-hybridized carbons (Fsp3) is 0.167. The second-order valence-electron chi connectivity index (χ2n) is 5.64. The minimum Gasteiger partial charge on any atom is -0.484 e. The number of ether oxygens (including phenoxy) is 2. The number of nitrogens with one attached hydrogen (secondary N) is 1. The quantitative estimate of drug-likeness (QED) is 0.603. The molecule has 0 saturated carbocycles. The number of halogens is 2. The topological polar surface area (TPSA) is 95.6 Å². The van der Waals surface area contributed by atoms with Crippen LogP contribution in [-0.4, -0.2) is 28.8 Å². The molecule has 0 saturated heterocycles. The van der Waals surface area contributed by atoms with Crippen LogP contribution < -0.4 is 10.1 Å². The number of methoxy groups -OCH3 is 1. The number of furan rings is 1. The van der Waals surface area contributed by atoms with Crippen molar-refractivity contribution >= 4 is 40.8 Å². The average Bonchev–Trinajstić information content (AvgIpc) is 3.27. The number of hydrogen-bond donors (Lipinski definition) is 1. The summed E-state index contributed by atoms with van der Waals surface area (Å²) in [7, 11) is 2.85. The van der Waals surface area contributed by atoms with Crippen molar-refractivity contribution in [2.45, 2.75) is 6.61 Å². The molecule has 2 heterocycles. The van der Waals surface area contributed by atoms with Gasteiger partial charge in [0.2, 0.25) is 0 Å². The number of anilines is 1. The minimum absolute atomic E-state index is 0.00848. The molecule has 3 aromatic rings. The third-order valence-corrected chi connectivity index (χ3v) is 4.14. The number of aromatic nitrogens is 2. The van der Waals surface area contributed by atoms with E-state index in [1.807, 2.05) is 0 Å². The van der Waals surface area contributed by atoms with Crippen LogP contribution in [-0.2, 0) is 18.4 Å². The molecule has 10 heteroatoms. The predicted molar refractivity (Wildman–Crippen MR) is 102 cm³/mol. The van der Waals surface area contributed by atoms with Gasteiger partial charge in [0, 0.05) is 18.3 Å². The monoisotopic (exact) mass is 423 g/mol. The van der Waals surface area contributed by atoms with Crippen molar-refractivity contribution in [1.29, 1.82) is 0 Å². The highest BCUT2D eigenvalue weighted by Gasteiger charge is 2.20. The van der Waals surface area contributed by atoms with Crippen LogP contribution in [0.2, 0.25) is 10.0 Å². The Labute approximate surface area is 169 Å². The summed E-state index contributed by atoms with van der Waals surface area (Å²) >= 11 is 11.9. The summed E-state index contributed by atoms with van der Waals surface area (Å²) in [6, 6.07) is 7.94. The van der Waals surface area contributed by atoms with Crippen molar-refractivity contribution in [2.75, 3.05) is 12.4 Å². The van der Waals surface area contributed by atoms with E-state index in [-0.39, 0.29) is 23.7 Å². The summed E-state index contributed by atoms with van der Waals surface area (Å²) < 4.78 is 17.1. The maximum atomic E-state index is 12.4. The lowest BCUT2D eigenvalue weighted by molar-refractivity contribution is 0.0594. The van der Waals surface area contributed by atoms with E-state index in [4.69, 9.17) is 32.4 Å². The van der Waals surface area contributed by atoms with Crippen molar-refractivity contribution < 1.29 is 23.5 Å². The van der Waals surface area contributed by atoms with Crippen molar-refractivity contribution in [3.63, 3.8) is 0 Å². The van der Waals surface area contributed by atoms with Gasteiger partial charge in [-0.15, -0.1) is 0 Å². The number of esters is 1. The molecule has 1 amide bonds. The molecule has 0 radical (unpaired) electrons. The Hall–Kier alpha value is -2.97. The number of benzene rings is 1. The number of carbonyl (C=O) groups is 2. The molecule has 8 nitrogen and oxygen atoms in total. The van der Waals surface area contributed by atoms with Crippen LogP contribution >= 0.6 is 23.2 Å². The lowest BCUT2D eigenvalue weighted by atomic mass is 10.3. The van der Waals surface area contributed by atoms with Crippen molar-refractivity contribution in [2.24, 2.45) is 7.05 Å². The van der Waals surface area contributed by atoms with E-state index in [9.17, 15) is 9.59 Å². The molecule has 3 rings (SSSR count). The van der Waals surface area contributed by atoms with Gasteiger partial charge >= 0.3 is 5.97 Å². The maximum absolute atomic E-state index is 12.4. The first kappa shape index (κ1) is 19.8. The van der Waals surface area contributed by atoms with Crippen molar-refractivity contribution in [3.05, 3.63) is 63.8 Å². The van der Waals surface area contributed by atoms with E-state index in [0.29, 0.717) is 21.6 Å². The Morgan fingerprint density at radius 1 is 1.25 bits per heavy atom. The molecule has 0 fully saturated rings. The highest BCUT2D eigenvalue weighted by atomic mass is 35.5. The van der Waals surface area contributed by atoms with Crippen LogP contribution in [0.5, 0.6) is 5.75 Å². The highest BCUT2D eigenvalue weighted by molar-refractivity contribution is 6.35. The Balaban J connectivity index is 1.67. The SMILES string of the molecule is COC(=O)c1nn(C)cc1NC(=O)c1ccc(COc2ccc(Cl)cc2Cl)o1. The molecule has 0 spiro atoms. The minimum atomic E-state index is -0.663. The molecule has 1 aromatic carbocycles. The first-order chi connectivity index (χ1) is 13.4. The number of amides is 1. The standard InChI is InChI=1S/C18H15Cl2N3O5/c1-23-8-13(16(22-23)18(25)26-2)21-17(24)15-6-4-11(28-15)9-27-14-5-3-10(19)7-12(14)20/h3-8H,9H2,1-2H3,(H,21,24). The molecule has 0 aliphatic heterocycles. The van der Waals surface area contributed by atoms with Gasteiger partial charge in [-0.2, -0.15) is 5.10 Å². The van der Waals surface area contributed by atoms with Crippen molar-refractivity contribution in [3.8, 4) is 5.75 Å². The lowest BCUT2D eigenvalue weighted by Crippen LogP contribution is -2.14. The predicted octanol–water partition coefficient (Wildman–Crippen LogP) is 3.94. The molecular weight excluding hydrogens is 409 g/mol. The summed E-state index contributed by atoms with van der Waals surface area (Å²) in [5, 5.41) is 7.40. The molecule has 0 aliphatic rings. The molecule has 0 bridgehead atoms. The van der Waals surface area contributed by atoms with Crippen LogP contribution in [0.25, 0.3) is 0 Å². The summed E-state index contributed by atoms with van der Waals surface area (Å²) in [5.41, 5.74) is 0.201. The molecule has 0 atom stereocenters. The van der Waals surface area contributed by atoms with Gasteiger partial charge in [0.15, 0.2) is 11.5 Å². The second kappa shape index (κ2) is 8.37. The van der Waals surface area contributed by atoms with Crippen LogP contribution in [0, 0.1) is 0 Å². The lowest BCUT2D eigenvalue weighted by Gasteiger charge is -2.06. The Morgan fingerprint density at radius 2 is 2.04 bits per heavy atom. The molecule has 0 aliphatic carbocycles. The maximum Gasteiger partial charge on any atom is 0.360 e. The zero-order chi connectivity index (χ0) is 20.3. The fourth-order valence-electron chi connectivity index (χ4n) is 2.33. The number of aryl methyl sites for hydroxylation is 1. The summed E-state index contributed by atoms with van der Waals surface area (Å²) in [6.07, 6.45) is 1.49. The Morgan fingerprint density at radius 3 is 2.75 bits per heavy atom. The second-order valence-corrected chi connectivity index (χ2v) is 6.48. The Kier molecular flexibility index (Phi) is 5.91. The Bertz CT molecular complexity index is 1030. The zero-order valence-corrected chi connectivity index (χ0v) is 16.4. The molecule has 1 N–H and O–H groups in total. The van der Waals surface area contributed by atoms with Gasteiger partial charge in [0.1, 0.15) is 18.1 Å². The third-order valence-electron chi connectivity index (χ3n) is 3.61. The van der Waals surface area contributed by atoms with E-state index in [1.165, 1.54) is 24.1 Å².